The Hall–Kier alpha value is -3.29. The van der Waals surface area contributed by atoms with Gasteiger partial charge in [-0.3, -0.25) is 19.6 Å². The van der Waals surface area contributed by atoms with E-state index < -0.39 is 0 Å². The summed E-state index contributed by atoms with van der Waals surface area (Å²) in [6.45, 7) is 4.43. The first-order chi connectivity index (χ1) is 13.5. The standard InChI is InChI=1S/C20H22N6O2/c1-13-10-22-15(11-21-13)12-23-20(28)18-16-6-3-4-8-26(16)19(24-18)17-7-5-9-25(17)14(2)27/h3-4,6,8,10-11,17H,5,7,9,12H2,1-2H3,(H,23,28). The lowest BCUT2D eigenvalue weighted by Gasteiger charge is -2.22. The summed E-state index contributed by atoms with van der Waals surface area (Å²) in [6.07, 6.45) is 6.97. The van der Waals surface area contributed by atoms with Gasteiger partial charge in [0.25, 0.3) is 5.91 Å². The van der Waals surface area contributed by atoms with E-state index in [2.05, 4.69) is 20.3 Å². The molecule has 0 saturated carbocycles. The first kappa shape index (κ1) is 18.1. The molecule has 1 unspecified atom stereocenters. The summed E-state index contributed by atoms with van der Waals surface area (Å²) in [7, 11) is 0. The molecule has 0 spiro atoms. The van der Waals surface area contributed by atoms with Crippen molar-refractivity contribution in [2.24, 2.45) is 0 Å². The summed E-state index contributed by atoms with van der Waals surface area (Å²) >= 11 is 0. The number of amides is 2. The molecule has 0 bridgehead atoms. The largest absolute Gasteiger partial charge is 0.345 e. The highest BCUT2D eigenvalue weighted by Crippen LogP contribution is 2.32. The molecule has 1 N–H and O–H groups in total. The molecule has 0 aliphatic carbocycles. The van der Waals surface area contributed by atoms with Crippen LogP contribution in [-0.2, 0) is 11.3 Å². The van der Waals surface area contributed by atoms with Crippen LogP contribution >= 0.6 is 0 Å². The van der Waals surface area contributed by atoms with Crippen LogP contribution in [0.4, 0.5) is 0 Å². The van der Waals surface area contributed by atoms with Crippen molar-refractivity contribution in [3.8, 4) is 0 Å². The lowest BCUT2D eigenvalue weighted by atomic mass is 10.2. The predicted molar refractivity (Wildman–Crippen MR) is 102 cm³/mol. The Kier molecular flexibility index (Phi) is 4.77. The first-order valence-electron chi connectivity index (χ1n) is 9.34. The number of nitrogens with one attached hydrogen (secondary N) is 1. The van der Waals surface area contributed by atoms with Crippen LogP contribution in [-0.4, -0.2) is 42.6 Å². The molecule has 1 fully saturated rings. The summed E-state index contributed by atoms with van der Waals surface area (Å²) in [4.78, 5) is 39.7. The van der Waals surface area contributed by atoms with Crippen LogP contribution < -0.4 is 5.32 Å². The second-order valence-electron chi connectivity index (χ2n) is 6.98. The maximum Gasteiger partial charge on any atom is 0.272 e. The normalized spacial score (nSPS) is 16.5. The second kappa shape index (κ2) is 7.38. The van der Waals surface area contributed by atoms with Gasteiger partial charge in [0.1, 0.15) is 5.82 Å². The number of pyridine rings is 1. The van der Waals surface area contributed by atoms with E-state index in [9.17, 15) is 9.59 Å². The highest BCUT2D eigenvalue weighted by atomic mass is 16.2. The Morgan fingerprint density at radius 2 is 2.11 bits per heavy atom. The van der Waals surface area contributed by atoms with Gasteiger partial charge in [-0.25, -0.2) is 4.98 Å². The predicted octanol–water partition coefficient (Wildman–Crippen LogP) is 2.05. The van der Waals surface area contributed by atoms with Crippen molar-refractivity contribution in [3.63, 3.8) is 0 Å². The minimum Gasteiger partial charge on any atom is -0.345 e. The molecule has 1 atom stereocenters. The van der Waals surface area contributed by atoms with Crippen LogP contribution in [0.5, 0.6) is 0 Å². The molecule has 3 aromatic heterocycles. The lowest BCUT2D eigenvalue weighted by molar-refractivity contribution is -0.129. The molecule has 4 rings (SSSR count). The number of rotatable bonds is 4. The van der Waals surface area contributed by atoms with Gasteiger partial charge < -0.3 is 14.6 Å². The molecular weight excluding hydrogens is 356 g/mol. The number of fused-ring (bicyclic) bond motifs is 1. The van der Waals surface area contributed by atoms with Gasteiger partial charge in [0.2, 0.25) is 5.91 Å². The minimum absolute atomic E-state index is 0.0270. The zero-order valence-electron chi connectivity index (χ0n) is 15.9. The molecule has 4 heterocycles. The van der Waals surface area contributed by atoms with Crippen molar-refractivity contribution in [1.29, 1.82) is 0 Å². The van der Waals surface area contributed by atoms with Gasteiger partial charge in [0, 0.05) is 25.9 Å². The maximum atomic E-state index is 12.8. The van der Waals surface area contributed by atoms with Gasteiger partial charge in [-0.15, -0.1) is 0 Å². The van der Waals surface area contributed by atoms with Crippen molar-refractivity contribution >= 4 is 17.3 Å². The SMILES string of the molecule is CC(=O)N1CCCC1c1nc(C(=O)NCc2cnc(C)cn2)c2ccccn12. The lowest BCUT2D eigenvalue weighted by Crippen LogP contribution is -2.29. The molecule has 0 radical (unpaired) electrons. The van der Waals surface area contributed by atoms with Gasteiger partial charge >= 0.3 is 0 Å². The fourth-order valence-electron chi connectivity index (χ4n) is 3.64. The molecule has 0 aromatic carbocycles. The highest BCUT2D eigenvalue weighted by Gasteiger charge is 2.32. The van der Waals surface area contributed by atoms with Crippen molar-refractivity contribution in [2.75, 3.05) is 6.54 Å². The Labute approximate surface area is 162 Å². The molecular formula is C20H22N6O2. The van der Waals surface area contributed by atoms with Gasteiger partial charge in [-0.1, -0.05) is 6.07 Å². The molecule has 3 aromatic rings. The Bertz CT molecular complexity index is 1030. The third-order valence-electron chi connectivity index (χ3n) is 5.01. The van der Waals surface area contributed by atoms with Gasteiger partial charge in [-0.2, -0.15) is 0 Å². The monoisotopic (exact) mass is 378 g/mol. The van der Waals surface area contributed by atoms with Crippen molar-refractivity contribution in [3.05, 3.63) is 59.7 Å². The highest BCUT2D eigenvalue weighted by molar-refractivity contribution is 5.99. The van der Waals surface area contributed by atoms with Crippen LogP contribution in [0, 0.1) is 6.92 Å². The number of imidazole rings is 1. The van der Waals surface area contributed by atoms with E-state index in [1.807, 2.05) is 40.6 Å². The van der Waals surface area contributed by atoms with Crippen LogP contribution in [0.2, 0.25) is 0 Å². The van der Waals surface area contributed by atoms with E-state index >= 15 is 0 Å². The summed E-state index contributed by atoms with van der Waals surface area (Å²) in [5.74, 6) is 0.479. The maximum absolute atomic E-state index is 12.8. The fourth-order valence-corrected chi connectivity index (χ4v) is 3.64. The van der Waals surface area contributed by atoms with E-state index in [1.54, 1.807) is 19.3 Å². The summed E-state index contributed by atoms with van der Waals surface area (Å²) in [6, 6.07) is 5.52. The number of aryl methyl sites for hydroxylation is 1. The minimum atomic E-state index is -0.273. The number of hydrogen-bond donors (Lipinski definition) is 1. The van der Waals surface area contributed by atoms with Gasteiger partial charge in [0.05, 0.1) is 35.7 Å². The number of hydrogen-bond acceptors (Lipinski definition) is 5. The number of nitrogens with zero attached hydrogens (tertiary/aromatic N) is 5. The van der Waals surface area contributed by atoms with Crippen molar-refractivity contribution < 1.29 is 9.59 Å². The van der Waals surface area contributed by atoms with Gasteiger partial charge in [0.15, 0.2) is 5.69 Å². The Morgan fingerprint density at radius 1 is 1.25 bits per heavy atom. The van der Waals surface area contributed by atoms with Gasteiger partial charge in [-0.05, 0) is 31.9 Å². The van der Waals surface area contributed by atoms with Crippen molar-refractivity contribution in [2.45, 2.75) is 39.3 Å². The van der Waals surface area contributed by atoms with Crippen LogP contribution in [0.3, 0.4) is 0 Å². The molecule has 144 valence electrons. The Morgan fingerprint density at radius 3 is 2.86 bits per heavy atom. The number of aromatic nitrogens is 4. The van der Waals surface area contributed by atoms with E-state index in [4.69, 9.17) is 0 Å². The number of carbonyl (C=O) groups is 2. The van der Waals surface area contributed by atoms with E-state index in [0.29, 0.717) is 11.4 Å². The van der Waals surface area contributed by atoms with E-state index in [0.717, 1.165) is 36.4 Å². The molecule has 1 aliphatic heterocycles. The van der Waals surface area contributed by atoms with Crippen LogP contribution in [0.25, 0.3) is 5.52 Å². The average Bonchev–Trinajstić information content (AvgIpc) is 3.32. The molecule has 1 saturated heterocycles. The summed E-state index contributed by atoms with van der Waals surface area (Å²) in [5.41, 5.74) is 2.58. The fraction of sp³-hybridized carbons (Fsp3) is 0.350. The molecule has 28 heavy (non-hydrogen) atoms. The van der Waals surface area contributed by atoms with E-state index in [-0.39, 0.29) is 24.4 Å². The smallest absolute Gasteiger partial charge is 0.272 e. The van der Waals surface area contributed by atoms with E-state index in [1.165, 1.54) is 0 Å². The first-order valence-corrected chi connectivity index (χ1v) is 9.34. The molecule has 8 nitrogen and oxygen atoms in total. The topological polar surface area (TPSA) is 92.5 Å². The molecule has 2 amide bonds. The molecule has 1 aliphatic rings. The third kappa shape index (κ3) is 3.33. The Balaban J connectivity index is 1.63. The second-order valence-corrected chi connectivity index (χ2v) is 6.98. The third-order valence-corrected chi connectivity index (χ3v) is 5.01. The summed E-state index contributed by atoms with van der Waals surface area (Å²) in [5, 5.41) is 2.87. The number of carbonyl (C=O) groups excluding carboxylic acids is 2. The number of likely N-dealkylation sites (tertiary alicyclic amines) is 1. The summed E-state index contributed by atoms with van der Waals surface area (Å²) < 4.78 is 1.91. The zero-order chi connectivity index (χ0) is 19.7. The van der Waals surface area contributed by atoms with Crippen LogP contribution in [0.15, 0.2) is 36.8 Å². The zero-order valence-corrected chi connectivity index (χ0v) is 15.9. The quantitative estimate of drug-likeness (QED) is 0.750. The van der Waals surface area contributed by atoms with Crippen LogP contribution in [0.1, 0.15) is 53.5 Å². The van der Waals surface area contributed by atoms with Crippen molar-refractivity contribution in [1.82, 2.24) is 29.6 Å². The average molecular weight is 378 g/mol. The molecule has 8 heteroatoms.